The number of fused-ring (bicyclic) bond motifs is 5. The van der Waals surface area contributed by atoms with Gasteiger partial charge >= 0.3 is 0 Å². The number of carbonyl (C=O) groups excluding carboxylic acids is 2. The molecule has 0 aromatic rings. The highest BCUT2D eigenvalue weighted by Gasteiger charge is 2.61. The number of piperidine rings is 1. The summed E-state index contributed by atoms with van der Waals surface area (Å²) in [5.74, 6) is 2.64. The second kappa shape index (κ2) is 7.14. The van der Waals surface area contributed by atoms with E-state index < -0.39 is 0 Å². The normalized spacial score (nSPS) is 42.4. The van der Waals surface area contributed by atoms with Gasteiger partial charge in [0, 0.05) is 43.1 Å². The van der Waals surface area contributed by atoms with Crippen LogP contribution in [0.1, 0.15) is 66.2 Å². The average Bonchev–Trinajstić information content (AvgIpc) is 3.03. The number of allylic oxidation sites excluding steroid dienone is 2. The summed E-state index contributed by atoms with van der Waals surface area (Å²) in [6.07, 6.45) is 6.14. The van der Waals surface area contributed by atoms with Crippen LogP contribution >= 0.6 is 15.9 Å². The third-order valence-electron chi connectivity index (χ3n) is 9.05. The molecule has 3 unspecified atom stereocenters. The first-order valence-corrected chi connectivity index (χ1v) is 12.0. The van der Waals surface area contributed by atoms with Gasteiger partial charge in [-0.05, 0) is 85.1 Å². The number of nitrogens with zero attached hydrogens (tertiary/aromatic N) is 1. The number of carbonyl (C=O) groups is 2. The Bertz CT molecular complexity index is 715. The zero-order chi connectivity index (χ0) is 20.3. The third-order valence-corrected chi connectivity index (χ3v) is 9.89. The van der Waals surface area contributed by atoms with E-state index in [2.05, 4.69) is 48.9 Å². The summed E-state index contributed by atoms with van der Waals surface area (Å²) in [5.41, 5.74) is 1.35. The van der Waals surface area contributed by atoms with Crippen molar-refractivity contribution in [3.63, 3.8) is 0 Å². The molecule has 0 spiro atoms. The van der Waals surface area contributed by atoms with Crippen LogP contribution in [-0.2, 0) is 9.59 Å². The zero-order valence-corrected chi connectivity index (χ0v) is 19.4. The first-order chi connectivity index (χ1) is 13.3. The van der Waals surface area contributed by atoms with Gasteiger partial charge in [-0.25, -0.2) is 0 Å². The fourth-order valence-corrected chi connectivity index (χ4v) is 8.18. The molecule has 6 atom stereocenters. The van der Waals surface area contributed by atoms with Crippen LogP contribution in [0.15, 0.2) is 10.2 Å². The second-order valence-corrected chi connectivity index (χ2v) is 10.8. The maximum atomic E-state index is 13.3. The number of amides is 1. The Morgan fingerprint density at radius 3 is 2.54 bits per heavy atom. The molecule has 1 aliphatic heterocycles. The Kier molecular flexibility index (Phi) is 5.21. The van der Waals surface area contributed by atoms with E-state index >= 15 is 0 Å². The van der Waals surface area contributed by atoms with Gasteiger partial charge in [0.1, 0.15) is 0 Å². The van der Waals surface area contributed by atoms with Crippen LogP contribution in [0.2, 0.25) is 0 Å². The summed E-state index contributed by atoms with van der Waals surface area (Å²) < 4.78 is 0.786. The molecule has 1 heterocycles. The molecule has 0 radical (unpaired) electrons. The number of ketones is 1. The van der Waals surface area contributed by atoms with Gasteiger partial charge in [-0.2, -0.15) is 0 Å². The molecule has 1 N–H and O–H groups in total. The van der Waals surface area contributed by atoms with Gasteiger partial charge in [-0.3, -0.25) is 9.59 Å². The summed E-state index contributed by atoms with van der Waals surface area (Å²) in [6, 6.07) is 0. The van der Waals surface area contributed by atoms with Gasteiger partial charge in [0.15, 0.2) is 5.78 Å². The first kappa shape index (κ1) is 20.4. The average molecular weight is 451 g/mol. The SMILES string of the molecule is CCN(CC)C(=O)[C@H]1CCC2C3CNC4=C(Br)C(=O)CC[C@]4(C)C3CC[C@@]21C. The van der Waals surface area contributed by atoms with Crippen molar-refractivity contribution in [3.8, 4) is 0 Å². The van der Waals surface area contributed by atoms with Crippen molar-refractivity contribution in [1.29, 1.82) is 0 Å². The van der Waals surface area contributed by atoms with Crippen molar-refractivity contribution in [2.75, 3.05) is 19.6 Å². The molecule has 3 aliphatic carbocycles. The lowest BCUT2D eigenvalue weighted by Gasteiger charge is -2.58. The van der Waals surface area contributed by atoms with Gasteiger partial charge in [0.25, 0.3) is 0 Å². The smallest absolute Gasteiger partial charge is 0.226 e. The molecule has 1 saturated heterocycles. The lowest BCUT2D eigenvalue weighted by Crippen LogP contribution is -2.57. The van der Waals surface area contributed by atoms with Crippen molar-refractivity contribution in [3.05, 3.63) is 10.2 Å². The molecule has 0 aromatic heterocycles. The van der Waals surface area contributed by atoms with Crippen LogP contribution in [0.25, 0.3) is 0 Å². The minimum absolute atomic E-state index is 0.0674. The van der Waals surface area contributed by atoms with E-state index in [-0.39, 0.29) is 22.5 Å². The van der Waals surface area contributed by atoms with E-state index in [4.69, 9.17) is 0 Å². The molecule has 4 aliphatic rings. The number of rotatable bonds is 3. The van der Waals surface area contributed by atoms with E-state index in [1.807, 2.05) is 4.90 Å². The van der Waals surface area contributed by atoms with Crippen LogP contribution in [0, 0.1) is 34.5 Å². The second-order valence-electron chi connectivity index (χ2n) is 9.97. The monoisotopic (exact) mass is 450 g/mol. The van der Waals surface area contributed by atoms with Gasteiger partial charge in [-0.1, -0.05) is 13.8 Å². The fraction of sp³-hybridized carbons (Fsp3) is 0.826. The number of halogens is 1. The molecule has 3 fully saturated rings. The van der Waals surface area contributed by atoms with Gasteiger partial charge in [0.2, 0.25) is 5.91 Å². The summed E-state index contributed by atoms with van der Waals surface area (Å²) in [6.45, 7) is 11.5. The highest BCUT2D eigenvalue weighted by Crippen LogP contribution is 2.64. The third kappa shape index (κ3) is 2.74. The topological polar surface area (TPSA) is 49.4 Å². The zero-order valence-electron chi connectivity index (χ0n) is 17.8. The molecule has 2 saturated carbocycles. The van der Waals surface area contributed by atoms with Crippen molar-refractivity contribution in [1.82, 2.24) is 10.2 Å². The van der Waals surface area contributed by atoms with Crippen LogP contribution in [0.5, 0.6) is 0 Å². The first-order valence-electron chi connectivity index (χ1n) is 11.2. The predicted molar refractivity (Wildman–Crippen MR) is 115 cm³/mol. The minimum atomic E-state index is 0.0674. The van der Waals surface area contributed by atoms with Gasteiger partial charge in [-0.15, -0.1) is 0 Å². The maximum Gasteiger partial charge on any atom is 0.226 e. The van der Waals surface area contributed by atoms with Crippen LogP contribution in [-0.4, -0.2) is 36.2 Å². The number of Topliss-reactive ketones (excluding diaryl/α,β-unsaturated/α-hetero) is 1. The highest BCUT2D eigenvalue weighted by atomic mass is 79.9. The van der Waals surface area contributed by atoms with Crippen LogP contribution in [0.3, 0.4) is 0 Å². The molecule has 1 amide bonds. The number of hydrogen-bond donors (Lipinski definition) is 1. The Balaban J connectivity index is 1.62. The maximum absolute atomic E-state index is 13.3. The summed E-state index contributed by atoms with van der Waals surface area (Å²) >= 11 is 3.59. The van der Waals surface area contributed by atoms with Crippen molar-refractivity contribution >= 4 is 27.6 Å². The van der Waals surface area contributed by atoms with Crippen LogP contribution < -0.4 is 5.32 Å². The van der Waals surface area contributed by atoms with Crippen molar-refractivity contribution < 1.29 is 9.59 Å². The summed E-state index contributed by atoms with van der Waals surface area (Å²) in [7, 11) is 0. The van der Waals surface area contributed by atoms with Crippen molar-refractivity contribution in [2.45, 2.75) is 66.2 Å². The van der Waals surface area contributed by atoms with Gasteiger partial charge in [0.05, 0.1) is 4.48 Å². The molecule has 4 rings (SSSR count). The Morgan fingerprint density at radius 1 is 1.14 bits per heavy atom. The predicted octanol–water partition coefficient (Wildman–Crippen LogP) is 4.49. The van der Waals surface area contributed by atoms with Gasteiger partial charge < -0.3 is 10.2 Å². The molecular formula is C23H35BrN2O2. The fourth-order valence-electron chi connectivity index (χ4n) is 7.39. The number of nitrogens with one attached hydrogen (secondary N) is 1. The summed E-state index contributed by atoms with van der Waals surface area (Å²) in [5, 5.41) is 3.68. The van der Waals surface area contributed by atoms with E-state index in [1.54, 1.807) is 0 Å². The molecule has 5 heteroatoms. The molecule has 28 heavy (non-hydrogen) atoms. The molecule has 0 bridgehead atoms. The molecule has 156 valence electrons. The molecular weight excluding hydrogens is 416 g/mol. The minimum Gasteiger partial charge on any atom is -0.387 e. The lowest BCUT2D eigenvalue weighted by molar-refractivity contribution is -0.142. The van der Waals surface area contributed by atoms with Crippen LogP contribution in [0.4, 0.5) is 0 Å². The summed E-state index contributed by atoms with van der Waals surface area (Å²) in [4.78, 5) is 27.5. The Morgan fingerprint density at radius 2 is 1.86 bits per heavy atom. The highest BCUT2D eigenvalue weighted by molar-refractivity contribution is 9.12. The lowest BCUT2D eigenvalue weighted by atomic mass is 9.50. The molecule has 0 aromatic carbocycles. The standard InChI is InChI=1S/C23H35BrN2O2/c1-5-26(6-2)21(28)17-8-7-15-14-13-25-20-19(24)18(27)10-12-23(20,4)16(14)9-11-22(15,17)3/h14-17,25H,5-13H2,1-4H3/t14?,15?,16?,17-,22+,23-/m1/s1. The molecule has 4 nitrogen and oxygen atoms in total. The number of hydrogen-bond acceptors (Lipinski definition) is 3. The van der Waals surface area contributed by atoms with E-state index in [1.165, 1.54) is 12.8 Å². The van der Waals surface area contributed by atoms with E-state index in [9.17, 15) is 9.59 Å². The quantitative estimate of drug-likeness (QED) is 0.688. The Hall–Kier alpha value is -0.840. The Labute approximate surface area is 178 Å². The van der Waals surface area contributed by atoms with E-state index in [0.717, 1.165) is 49.1 Å². The van der Waals surface area contributed by atoms with Crippen molar-refractivity contribution in [2.24, 2.45) is 34.5 Å². The van der Waals surface area contributed by atoms with E-state index in [0.29, 0.717) is 30.1 Å². The largest absolute Gasteiger partial charge is 0.387 e.